The summed E-state index contributed by atoms with van der Waals surface area (Å²) in [6.07, 6.45) is 4.04. The van der Waals surface area contributed by atoms with Gasteiger partial charge in [-0.1, -0.05) is 48.4 Å². The Morgan fingerprint density at radius 3 is 2.68 bits per heavy atom. The van der Waals surface area contributed by atoms with Gasteiger partial charge in [0.25, 0.3) is 5.91 Å². The minimum atomic E-state index is -0.323. The van der Waals surface area contributed by atoms with Crippen molar-refractivity contribution in [3.8, 4) is 5.88 Å². The number of aliphatic hydroxyl groups excluding tert-OH is 1. The monoisotopic (exact) mass is 344 g/mol. The van der Waals surface area contributed by atoms with Gasteiger partial charge in [-0.2, -0.15) is 0 Å². The van der Waals surface area contributed by atoms with Crippen LogP contribution < -0.4 is 10.1 Å². The molecule has 2 N–H and O–H groups in total. The zero-order valence-electron chi connectivity index (χ0n) is 14.4. The molecule has 25 heavy (non-hydrogen) atoms. The van der Waals surface area contributed by atoms with Crippen LogP contribution in [0, 0.1) is 5.41 Å². The fourth-order valence-corrected chi connectivity index (χ4v) is 3.38. The molecule has 1 aromatic carbocycles. The van der Waals surface area contributed by atoms with Gasteiger partial charge in [0.2, 0.25) is 11.6 Å². The molecule has 1 fully saturated rings. The third kappa shape index (κ3) is 3.82. The predicted octanol–water partition coefficient (Wildman–Crippen LogP) is 1.62. The summed E-state index contributed by atoms with van der Waals surface area (Å²) < 4.78 is 6.93. The van der Waals surface area contributed by atoms with Gasteiger partial charge >= 0.3 is 0 Å². The van der Waals surface area contributed by atoms with E-state index in [0.29, 0.717) is 19.0 Å². The van der Waals surface area contributed by atoms with Gasteiger partial charge in [0.15, 0.2) is 0 Å². The zero-order chi connectivity index (χ0) is 17.7. The second-order valence-corrected chi connectivity index (χ2v) is 6.64. The van der Waals surface area contributed by atoms with Crippen molar-refractivity contribution in [2.75, 3.05) is 20.3 Å². The quantitative estimate of drug-likeness (QED) is 0.797. The Kier molecular flexibility index (Phi) is 5.33. The van der Waals surface area contributed by atoms with Crippen molar-refractivity contribution in [1.82, 2.24) is 20.3 Å². The Morgan fingerprint density at radius 2 is 2.04 bits per heavy atom. The highest BCUT2D eigenvalue weighted by Crippen LogP contribution is 2.37. The van der Waals surface area contributed by atoms with E-state index in [9.17, 15) is 9.90 Å². The minimum Gasteiger partial charge on any atom is -0.479 e. The Bertz CT molecular complexity index is 708. The molecule has 1 aliphatic carbocycles. The maximum Gasteiger partial charge on any atom is 0.277 e. The van der Waals surface area contributed by atoms with E-state index in [0.717, 1.165) is 31.2 Å². The highest BCUT2D eigenvalue weighted by Gasteiger charge is 2.34. The van der Waals surface area contributed by atoms with Crippen molar-refractivity contribution >= 4 is 5.91 Å². The molecule has 0 atom stereocenters. The number of hydrogen-bond acceptors (Lipinski definition) is 5. The van der Waals surface area contributed by atoms with Crippen LogP contribution in [0.15, 0.2) is 30.3 Å². The molecule has 1 saturated carbocycles. The molecule has 7 nitrogen and oxygen atoms in total. The van der Waals surface area contributed by atoms with E-state index in [1.165, 1.54) is 7.11 Å². The van der Waals surface area contributed by atoms with Gasteiger partial charge in [-0.15, -0.1) is 5.10 Å². The van der Waals surface area contributed by atoms with E-state index in [-0.39, 0.29) is 23.6 Å². The van der Waals surface area contributed by atoms with Gasteiger partial charge in [0.05, 0.1) is 20.3 Å². The van der Waals surface area contributed by atoms with Crippen LogP contribution in [-0.4, -0.2) is 46.3 Å². The molecule has 0 spiro atoms. The van der Waals surface area contributed by atoms with Crippen molar-refractivity contribution in [1.29, 1.82) is 0 Å². The van der Waals surface area contributed by atoms with Crippen LogP contribution in [0.25, 0.3) is 0 Å². The molecule has 0 saturated heterocycles. The number of ether oxygens (including phenoxy) is 1. The van der Waals surface area contributed by atoms with E-state index >= 15 is 0 Å². The maximum atomic E-state index is 12.5. The zero-order valence-corrected chi connectivity index (χ0v) is 14.4. The van der Waals surface area contributed by atoms with Crippen LogP contribution in [-0.2, 0) is 6.54 Å². The van der Waals surface area contributed by atoms with Crippen LogP contribution in [0.2, 0.25) is 0 Å². The van der Waals surface area contributed by atoms with Gasteiger partial charge in [-0.25, -0.2) is 4.68 Å². The highest BCUT2D eigenvalue weighted by atomic mass is 16.5. The van der Waals surface area contributed by atoms with Gasteiger partial charge < -0.3 is 15.2 Å². The summed E-state index contributed by atoms with van der Waals surface area (Å²) in [5.41, 5.74) is 1.01. The third-order valence-electron chi connectivity index (χ3n) is 4.90. The molecule has 0 aliphatic heterocycles. The summed E-state index contributed by atoms with van der Waals surface area (Å²) in [6.45, 7) is 1.01. The molecule has 1 aromatic heterocycles. The van der Waals surface area contributed by atoms with E-state index in [1.54, 1.807) is 4.68 Å². The average molecular weight is 344 g/mol. The van der Waals surface area contributed by atoms with Gasteiger partial charge in [-0.3, -0.25) is 4.79 Å². The summed E-state index contributed by atoms with van der Waals surface area (Å²) in [4.78, 5) is 12.5. The number of nitrogens with zero attached hydrogens (tertiary/aromatic N) is 3. The first-order valence-corrected chi connectivity index (χ1v) is 8.58. The van der Waals surface area contributed by atoms with Crippen molar-refractivity contribution in [2.24, 2.45) is 5.41 Å². The first kappa shape index (κ1) is 17.4. The average Bonchev–Trinajstić information content (AvgIpc) is 3.28. The molecule has 0 radical (unpaired) electrons. The molecular formula is C18H24N4O3. The fraction of sp³-hybridized carbons (Fsp3) is 0.500. The van der Waals surface area contributed by atoms with Crippen LogP contribution in [0.4, 0.5) is 0 Å². The number of carbonyl (C=O) groups excluding carboxylic acids is 1. The van der Waals surface area contributed by atoms with E-state index in [1.807, 2.05) is 30.3 Å². The Morgan fingerprint density at radius 1 is 1.32 bits per heavy atom. The van der Waals surface area contributed by atoms with E-state index < -0.39 is 0 Å². The summed E-state index contributed by atoms with van der Waals surface area (Å²) in [6, 6.07) is 9.80. The summed E-state index contributed by atoms with van der Waals surface area (Å²) in [7, 11) is 1.50. The number of methoxy groups -OCH3 is 1. The van der Waals surface area contributed by atoms with E-state index in [2.05, 4.69) is 15.6 Å². The number of carbonyl (C=O) groups is 1. The molecule has 134 valence electrons. The molecule has 7 heteroatoms. The number of benzene rings is 1. The van der Waals surface area contributed by atoms with Crippen LogP contribution in [0.1, 0.15) is 41.7 Å². The lowest BCUT2D eigenvalue weighted by Gasteiger charge is -2.26. The maximum absolute atomic E-state index is 12.5. The van der Waals surface area contributed by atoms with Gasteiger partial charge in [0.1, 0.15) is 0 Å². The smallest absolute Gasteiger partial charge is 0.277 e. The van der Waals surface area contributed by atoms with Crippen LogP contribution >= 0.6 is 0 Å². The molecule has 1 heterocycles. The number of rotatable bonds is 7. The first-order valence-electron chi connectivity index (χ1n) is 8.58. The van der Waals surface area contributed by atoms with Crippen molar-refractivity contribution in [2.45, 2.75) is 32.2 Å². The minimum absolute atomic E-state index is 0.0884. The van der Waals surface area contributed by atoms with Gasteiger partial charge in [0, 0.05) is 12.0 Å². The summed E-state index contributed by atoms with van der Waals surface area (Å²) in [5, 5.41) is 20.6. The summed E-state index contributed by atoms with van der Waals surface area (Å²) in [5.74, 6) is 0.0155. The normalized spacial score (nSPS) is 15.9. The molecule has 2 aromatic rings. The van der Waals surface area contributed by atoms with Gasteiger partial charge in [-0.05, 0) is 18.4 Å². The summed E-state index contributed by atoms with van der Waals surface area (Å²) >= 11 is 0. The molecular weight excluding hydrogens is 320 g/mol. The number of aromatic nitrogens is 3. The third-order valence-corrected chi connectivity index (χ3v) is 4.90. The molecule has 0 bridgehead atoms. The lowest BCUT2D eigenvalue weighted by atomic mass is 9.87. The topological polar surface area (TPSA) is 89.3 Å². The first-order chi connectivity index (χ1) is 12.2. The predicted molar refractivity (Wildman–Crippen MR) is 92.4 cm³/mol. The number of amides is 1. The standard InChI is InChI=1S/C18H24N4O3/c1-25-17-15(16(24)19-12-18(13-23)9-5-6-10-18)20-21-22(17)11-14-7-3-2-4-8-14/h2-4,7-8,23H,5-6,9-13H2,1H3,(H,19,24). The molecule has 0 unspecified atom stereocenters. The molecule has 1 amide bonds. The van der Waals surface area contributed by atoms with Crippen LogP contribution in [0.5, 0.6) is 5.88 Å². The molecule has 3 rings (SSSR count). The fourth-order valence-electron chi connectivity index (χ4n) is 3.38. The Labute approximate surface area is 147 Å². The van der Waals surface area contributed by atoms with E-state index in [4.69, 9.17) is 4.74 Å². The molecule has 1 aliphatic rings. The van der Waals surface area contributed by atoms with Crippen molar-refractivity contribution in [3.05, 3.63) is 41.6 Å². The lowest BCUT2D eigenvalue weighted by Crippen LogP contribution is -2.38. The Balaban J connectivity index is 1.70. The van der Waals surface area contributed by atoms with Crippen molar-refractivity contribution in [3.63, 3.8) is 0 Å². The number of nitrogens with one attached hydrogen (secondary N) is 1. The SMILES string of the molecule is COc1c(C(=O)NCC2(CO)CCCC2)nnn1Cc1ccccc1. The lowest BCUT2D eigenvalue weighted by molar-refractivity contribution is 0.0873. The second-order valence-electron chi connectivity index (χ2n) is 6.64. The second kappa shape index (κ2) is 7.65. The highest BCUT2D eigenvalue weighted by molar-refractivity contribution is 5.94. The largest absolute Gasteiger partial charge is 0.479 e. The van der Waals surface area contributed by atoms with Crippen molar-refractivity contribution < 1.29 is 14.6 Å². The van der Waals surface area contributed by atoms with Crippen LogP contribution in [0.3, 0.4) is 0 Å². The Hall–Kier alpha value is -2.41. The number of aliphatic hydroxyl groups is 1. The number of hydrogen-bond donors (Lipinski definition) is 2.